The Morgan fingerprint density at radius 3 is 2.48 bits per heavy atom. The second kappa shape index (κ2) is 5.11. The highest BCUT2D eigenvalue weighted by atomic mass is 79.9. The first-order chi connectivity index (χ1) is 9.97. The molecular weight excluding hydrogens is 330 g/mol. The first kappa shape index (κ1) is 14.0. The van der Waals surface area contributed by atoms with Crippen molar-refractivity contribution in [2.45, 2.75) is 20.4 Å². The van der Waals surface area contributed by atoms with E-state index >= 15 is 0 Å². The van der Waals surface area contributed by atoms with Gasteiger partial charge in [0.2, 0.25) is 0 Å². The number of aryl methyl sites for hydroxylation is 2. The number of hydrogen-bond acceptors (Lipinski definition) is 2. The quantitative estimate of drug-likeness (QED) is 0.778. The van der Waals surface area contributed by atoms with Crippen LogP contribution in [0.5, 0.6) is 0 Å². The summed E-state index contributed by atoms with van der Waals surface area (Å²) >= 11 is 3.39. The number of fused-ring (bicyclic) bond motifs is 1. The lowest BCUT2D eigenvalue weighted by Crippen LogP contribution is -2.29. The van der Waals surface area contributed by atoms with Gasteiger partial charge in [-0.25, -0.2) is 0 Å². The molecule has 4 heteroatoms. The lowest BCUT2D eigenvalue weighted by molar-refractivity contribution is -0.114. The highest BCUT2D eigenvalue weighted by Gasteiger charge is 2.35. The van der Waals surface area contributed by atoms with Crippen molar-refractivity contribution < 1.29 is 9.59 Å². The molecule has 1 heterocycles. The molecule has 0 bridgehead atoms. The van der Waals surface area contributed by atoms with Gasteiger partial charge in [0.05, 0.1) is 17.8 Å². The zero-order valence-electron chi connectivity index (χ0n) is 11.8. The van der Waals surface area contributed by atoms with Gasteiger partial charge >= 0.3 is 0 Å². The number of Topliss-reactive ketones (excluding diaryl/α,β-unsaturated/α-hetero) is 1. The molecule has 0 aromatic heterocycles. The van der Waals surface area contributed by atoms with Gasteiger partial charge in [0, 0.05) is 4.47 Å². The van der Waals surface area contributed by atoms with Crippen LogP contribution in [0.1, 0.15) is 27.0 Å². The van der Waals surface area contributed by atoms with Gasteiger partial charge < -0.3 is 4.90 Å². The molecule has 2 aromatic carbocycles. The zero-order chi connectivity index (χ0) is 15.1. The summed E-state index contributed by atoms with van der Waals surface area (Å²) in [5, 5.41) is 0. The molecule has 0 unspecified atom stereocenters. The molecule has 3 rings (SSSR count). The minimum Gasteiger partial charge on any atom is -0.300 e. The Balaban J connectivity index is 1.99. The Hall–Kier alpha value is -1.94. The molecule has 3 nitrogen and oxygen atoms in total. The second-order valence-electron chi connectivity index (χ2n) is 5.30. The Bertz CT molecular complexity index is 767. The molecule has 0 N–H and O–H groups in total. The number of rotatable bonds is 2. The molecule has 0 spiro atoms. The van der Waals surface area contributed by atoms with E-state index in [1.165, 1.54) is 11.1 Å². The summed E-state index contributed by atoms with van der Waals surface area (Å²) in [5.74, 6) is -0.886. The van der Waals surface area contributed by atoms with E-state index in [1.807, 2.05) is 25.1 Å². The zero-order valence-corrected chi connectivity index (χ0v) is 13.4. The van der Waals surface area contributed by atoms with Crippen LogP contribution in [0.4, 0.5) is 5.69 Å². The van der Waals surface area contributed by atoms with Gasteiger partial charge in [-0.2, -0.15) is 0 Å². The molecule has 1 amide bonds. The summed E-state index contributed by atoms with van der Waals surface area (Å²) in [5.41, 5.74) is 4.57. The van der Waals surface area contributed by atoms with Crippen LogP contribution < -0.4 is 4.90 Å². The molecule has 0 radical (unpaired) electrons. The number of ketones is 1. The predicted molar refractivity (Wildman–Crippen MR) is 85.6 cm³/mol. The first-order valence-electron chi connectivity index (χ1n) is 6.69. The van der Waals surface area contributed by atoms with Crippen molar-refractivity contribution in [3.05, 3.63) is 63.1 Å². The van der Waals surface area contributed by atoms with Crippen LogP contribution in [0.2, 0.25) is 0 Å². The standard InChI is InChI=1S/C17H14BrNO2/c1-10-3-4-12(7-11(10)2)9-19-15-8-13(18)5-6-14(15)16(20)17(19)21/h3-8H,9H2,1-2H3. The van der Waals surface area contributed by atoms with E-state index in [2.05, 4.69) is 28.9 Å². The van der Waals surface area contributed by atoms with Gasteiger partial charge in [-0.15, -0.1) is 0 Å². The van der Waals surface area contributed by atoms with Crippen molar-refractivity contribution >= 4 is 33.3 Å². The molecule has 106 valence electrons. The van der Waals surface area contributed by atoms with Crippen molar-refractivity contribution in [3.63, 3.8) is 0 Å². The second-order valence-corrected chi connectivity index (χ2v) is 6.22. The van der Waals surface area contributed by atoms with Gasteiger partial charge in [0.15, 0.2) is 0 Å². The molecule has 21 heavy (non-hydrogen) atoms. The van der Waals surface area contributed by atoms with E-state index in [0.29, 0.717) is 17.8 Å². The number of anilines is 1. The van der Waals surface area contributed by atoms with Crippen LogP contribution in [0.3, 0.4) is 0 Å². The van der Waals surface area contributed by atoms with E-state index in [4.69, 9.17) is 0 Å². The van der Waals surface area contributed by atoms with Crippen molar-refractivity contribution in [1.29, 1.82) is 0 Å². The number of benzene rings is 2. The summed E-state index contributed by atoms with van der Waals surface area (Å²) in [6, 6.07) is 11.4. The Morgan fingerprint density at radius 2 is 1.76 bits per heavy atom. The normalized spacial score (nSPS) is 13.8. The third kappa shape index (κ3) is 2.40. The first-order valence-corrected chi connectivity index (χ1v) is 7.48. The van der Waals surface area contributed by atoms with Crippen LogP contribution in [0, 0.1) is 13.8 Å². The summed E-state index contributed by atoms with van der Waals surface area (Å²) in [7, 11) is 0. The molecule has 0 atom stereocenters. The lowest BCUT2D eigenvalue weighted by Gasteiger charge is -2.17. The number of carbonyl (C=O) groups excluding carboxylic acids is 2. The topological polar surface area (TPSA) is 37.4 Å². The van der Waals surface area contributed by atoms with E-state index in [-0.39, 0.29) is 0 Å². The Morgan fingerprint density at radius 1 is 1.00 bits per heavy atom. The average Bonchev–Trinajstić information content (AvgIpc) is 2.68. The maximum Gasteiger partial charge on any atom is 0.299 e. The van der Waals surface area contributed by atoms with Gasteiger partial charge in [-0.05, 0) is 48.7 Å². The average molecular weight is 344 g/mol. The van der Waals surface area contributed by atoms with Crippen LogP contribution in [-0.4, -0.2) is 11.7 Å². The lowest BCUT2D eigenvalue weighted by atomic mass is 10.1. The van der Waals surface area contributed by atoms with Gasteiger partial charge in [0.25, 0.3) is 11.7 Å². The molecule has 0 saturated carbocycles. The number of amides is 1. The minimum absolute atomic E-state index is 0.412. The third-order valence-electron chi connectivity index (χ3n) is 3.85. The number of carbonyl (C=O) groups is 2. The number of halogens is 1. The molecule has 0 fully saturated rings. The van der Waals surface area contributed by atoms with Crippen LogP contribution in [0.15, 0.2) is 40.9 Å². The van der Waals surface area contributed by atoms with Crippen molar-refractivity contribution in [3.8, 4) is 0 Å². The maximum absolute atomic E-state index is 12.2. The van der Waals surface area contributed by atoms with Gasteiger partial charge in [0.1, 0.15) is 0 Å². The number of hydrogen-bond donors (Lipinski definition) is 0. The van der Waals surface area contributed by atoms with Gasteiger partial charge in [-0.3, -0.25) is 9.59 Å². The Labute approximate surface area is 131 Å². The molecular formula is C17H14BrNO2. The third-order valence-corrected chi connectivity index (χ3v) is 4.34. The van der Waals surface area contributed by atoms with Crippen LogP contribution in [-0.2, 0) is 11.3 Å². The van der Waals surface area contributed by atoms with Gasteiger partial charge in [-0.1, -0.05) is 34.1 Å². The largest absolute Gasteiger partial charge is 0.300 e. The fourth-order valence-corrected chi connectivity index (χ4v) is 2.86. The molecule has 1 aliphatic heterocycles. The van der Waals surface area contributed by atoms with E-state index in [1.54, 1.807) is 17.0 Å². The highest BCUT2D eigenvalue weighted by Crippen LogP contribution is 2.33. The molecule has 0 saturated heterocycles. The van der Waals surface area contributed by atoms with Crippen molar-refractivity contribution in [2.24, 2.45) is 0 Å². The smallest absolute Gasteiger partial charge is 0.299 e. The molecule has 0 aliphatic carbocycles. The monoisotopic (exact) mass is 343 g/mol. The molecule has 1 aliphatic rings. The molecule has 2 aromatic rings. The van der Waals surface area contributed by atoms with E-state index < -0.39 is 11.7 Å². The highest BCUT2D eigenvalue weighted by molar-refractivity contribution is 9.10. The fourth-order valence-electron chi connectivity index (χ4n) is 2.51. The van der Waals surface area contributed by atoms with Crippen molar-refractivity contribution in [1.82, 2.24) is 0 Å². The Kier molecular flexibility index (Phi) is 3.41. The minimum atomic E-state index is -0.457. The number of nitrogens with zero attached hydrogens (tertiary/aromatic N) is 1. The maximum atomic E-state index is 12.2. The van der Waals surface area contributed by atoms with Crippen LogP contribution >= 0.6 is 15.9 Å². The summed E-state index contributed by atoms with van der Waals surface area (Å²) < 4.78 is 0.855. The fraction of sp³-hybridized carbons (Fsp3) is 0.176. The SMILES string of the molecule is Cc1ccc(CN2C(=O)C(=O)c3ccc(Br)cc32)cc1C. The predicted octanol–water partition coefficient (Wildman–Crippen LogP) is 3.80. The van der Waals surface area contributed by atoms with Crippen LogP contribution in [0.25, 0.3) is 0 Å². The summed E-state index contributed by atoms with van der Waals surface area (Å²) in [6.07, 6.45) is 0. The van der Waals surface area contributed by atoms with E-state index in [0.717, 1.165) is 10.0 Å². The van der Waals surface area contributed by atoms with E-state index in [9.17, 15) is 9.59 Å². The van der Waals surface area contributed by atoms with Crippen molar-refractivity contribution in [2.75, 3.05) is 4.90 Å². The summed E-state index contributed by atoms with van der Waals surface area (Å²) in [4.78, 5) is 25.8. The summed E-state index contributed by atoms with van der Waals surface area (Å²) in [6.45, 7) is 4.51.